The summed E-state index contributed by atoms with van der Waals surface area (Å²) in [7, 11) is 0. The molecule has 4 heterocycles. The Morgan fingerprint density at radius 2 is 2.09 bits per heavy atom. The van der Waals surface area contributed by atoms with Crippen LogP contribution in [0.1, 0.15) is 26.2 Å². The van der Waals surface area contributed by atoms with Crippen molar-refractivity contribution in [3.63, 3.8) is 0 Å². The van der Waals surface area contributed by atoms with E-state index in [0.29, 0.717) is 42.5 Å². The lowest BCUT2D eigenvalue weighted by molar-refractivity contribution is -0.149. The molecule has 0 aromatic carbocycles. The van der Waals surface area contributed by atoms with Gasteiger partial charge in [0, 0.05) is 31.5 Å². The Bertz CT molecular complexity index is 1090. The van der Waals surface area contributed by atoms with Gasteiger partial charge in [0.1, 0.15) is 23.0 Å². The van der Waals surface area contributed by atoms with Crippen LogP contribution in [0.25, 0.3) is 17.2 Å². The molecule has 1 aliphatic rings. The van der Waals surface area contributed by atoms with E-state index < -0.39 is 5.41 Å². The number of rotatable bonds is 7. The van der Waals surface area contributed by atoms with Crippen molar-refractivity contribution >= 4 is 17.4 Å². The third kappa shape index (κ3) is 4.15. The number of aliphatic hydroxyl groups excluding tert-OH is 2. The lowest BCUT2D eigenvalue weighted by Crippen LogP contribution is -2.53. The van der Waals surface area contributed by atoms with E-state index in [1.807, 2.05) is 0 Å². The maximum atomic E-state index is 13.7. The summed E-state index contributed by atoms with van der Waals surface area (Å²) in [6.45, 7) is 2.05. The molecule has 0 bridgehead atoms. The van der Waals surface area contributed by atoms with Crippen molar-refractivity contribution in [3.8, 4) is 11.5 Å². The molecule has 1 fully saturated rings. The second-order valence-electron chi connectivity index (χ2n) is 8.17. The van der Waals surface area contributed by atoms with Gasteiger partial charge in [0.25, 0.3) is 0 Å². The third-order valence-electron chi connectivity index (χ3n) is 6.15. The van der Waals surface area contributed by atoms with Gasteiger partial charge in [-0.1, -0.05) is 6.92 Å². The number of carbonyl (C=O) groups is 1. The highest BCUT2D eigenvalue weighted by atomic mass is 19.1. The molecule has 32 heavy (non-hydrogen) atoms. The topological polar surface area (TPSA) is 116 Å². The minimum atomic E-state index is -1.15. The van der Waals surface area contributed by atoms with Crippen LogP contribution in [0.3, 0.4) is 0 Å². The van der Waals surface area contributed by atoms with E-state index in [1.165, 1.54) is 12.3 Å². The number of likely N-dealkylation sites (tertiary alicyclic amines) is 1. The van der Waals surface area contributed by atoms with Crippen LogP contribution < -0.4 is 5.32 Å². The number of pyridine rings is 1. The third-order valence-corrected chi connectivity index (χ3v) is 6.15. The van der Waals surface area contributed by atoms with Gasteiger partial charge >= 0.3 is 0 Å². The average molecular weight is 442 g/mol. The van der Waals surface area contributed by atoms with Crippen LogP contribution in [0, 0.1) is 11.2 Å². The largest absolute Gasteiger partial charge is 0.395 e. The van der Waals surface area contributed by atoms with Gasteiger partial charge in [-0.15, -0.1) is 0 Å². The summed E-state index contributed by atoms with van der Waals surface area (Å²) in [6.07, 6.45) is 6.57. The van der Waals surface area contributed by atoms with Crippen LogP contribution in [0.5, 0.6) is 0 Å². The SMILES string of the molecule is CCC(CO)(CO)C(=O)N1CCCC(Nc2ccnc(-c3cnc4ccc(F)cn34)n2)C1. The zero-order chi connectivity index (χ0) is 22.7. The van der Waals surface area contributed by atoms with E-state index in [1.54, 1.807) is 40.8 Å². The number of nitrogens with zero attached hydrogens (tertiary/aromatic N) is 5. The molecule has 1 aliphatic heterocycles. The van der Waals surface area contributed by atoms with E-state index in [0.717, 1.165) is 12.8 Å². The summed E-state index contributed by atoms with van der Waals surface area (Å²) in [6, 6.07) is 4.64. The minimum absolute atomic E-state index is 0.0398. The van der Waals surface area contributed by atoms with E-state index in [-0.39, 0.29) is 31.0 Å². The highest BCUT2D eigenvalue weighted by Crippen LogP contribution is 2.27. The lowest BCUT2D eigenvalue weighted by atomic mass is 9.84. The van der Waals surface area contributed by atoms with Gasteiger partial charge in [-0.25, -0.2) is 19.3 Å². The maximum absolute atomic E-state index is 13.7. The molecule has 0 aliphatic carbocycles. The fourth-order valence-electron chi connectivity index (χ4n) is 4.07. The van der Waals surface area contributed by atoms with E-state index >= 15 is 0 Å². The van der Waals surface area contributed by atoms with Crippen LogP contribution in [0.15, 0.2) is 36.8 Å². The zero-order valence-corrected chi connectivity index (χ0v) is 17.9. The number of aliphatic hydroxyl groups is 2. The van der Waals surface area contributed by atoms with Gasteiger partial charge in [0.2, 0.25) is 5.91 Å². The summed E-state index contributed by atoms with van der Waals surface area (Å²) in [5.74, 6) is 0.383. The second-order valence-corrected chi connectivity index (χ2v) is 8.17. The number of fused-ring (bicyclic) bond motifs is 1. The Morgan fingerprint density at radius 3 is 2.84 bits per heavy atom. The molecular weight excluding hydrogens is 415 g/mol. The first-order valence-corrected chi connectivity index (χ1v) is 10.7. The Kier molecular flexibility index (Phi) is 6.33. The highest BCUT2D eigenvalue weighted by molar-refractivity contribution is 5.83. The van der Waals surface area contributed by atoms with Crippen molar-refractivity contribution in [1.82, 2.24) is 24.3 Å². The first kappa shape index (κ1) is 22.1. The molecule has 10 heteroatoms. The van der Waals surface area contributed by atoms with Crippen molar-refractivity contribution in [3.05, 3.63) is 42.6 Å². The monoisotopic (exact) mass is 442 g/mol. The summed E-state index contributed by atoms with van der Waals surface area (Å²) in [5, 5.41) is 22.8. The number of carbonyl (C=O) groups excluding carboxylic acids is 1. The van der Waals surface area contributed by atoms with E-state index in [9.17, 15) is 19.4 Å². The molecule has 170 valence electrons. The normalized spacial score (nSPS) is 17.0. The Hall–Kier alpha value is -3.11. The van der Waals surface area contributed by atoms with E-state index in [4.69, 9.17) is 0 Å². The molecule has 3 N–H and O–H groups in total. The fourth-order valence-corrected chi connectivity index (χ4v) is 4.07. The van der Waals surface area contributed by atoms with Crippen LogP contribution in [-0.2, 0) is 4.79 Å². The predicted molar refractivity (Wildman–Crippen MR) is 116 cm³/mol. The molecule has 0 saturated carbocycles. The number of hydrogen-bond acceptors (Lipinski definition) is 7. The molecule has 1 amide bonds. The van der Waals surface area contributed by atoms with Crippen LogP contribution in [0.4, 0.5) is 10.2 Å². The van der Waals surface area contributed by atoms with Gasteiger partial charge in [-0.05, 0) is 37.5 Å². The number of aromatic nitrogens is 4. The van der Waals surface area contributed by atoms with Crippen molar-refractivity contribution in [2.45, 2.75) is 32.2 Å². The summed E-state index contributed by atoms with van der Waals surface area (Å²) in [5.41, 5.74) is 0.0154. The van der Waals surface area contributed by atoms with Crippen molar-refractivity contribution in [1.29, 1.82) is 0 Å². The number of nitrogens with one attached hydrogen (secondary N) is 1. The molecule has 9 nitrogen and oxygen atoms in total. The van der Waals surface area contributed by atoms with E-state index in [2.05, 4.69) is 20.3 Å². The van der Waals surface area contributed by atoms with Gasteiger partial charge in [-0.3, -0.25) is 9.20 Å². The molecule has 0 radical (unpaired) electrons. The number of anilines is 1. The van der Waals surface area contributed by atoms with Crippen molar-refractivity contribution in [2.24, 2.45) is 5.41 Å². The maximum Gasteiger partial charge on any atom is 0.233 e. The number of halogens is 1. The molecule has 0 spiro atoms. The quantitative estimate of drug-likeness (QED) is 0.510. The smallest absolute Gasteiger partial charge is 0.233 e. The number of piperidine rings is 1. The molecular formula is C22H27FN6O3. The predicted octanol–water partition coefficient (Wildman–Crippen LogP) is 1.71. The van der Waals surface area contributed by atoms with Gasteiger partial charge in [-0.2, -0.15) is 0 Å². The summed E-state index contributed by atoms with van der Waals surface area (Å²) >= 11 is 0. The van der Waals surface area contributed by atoms with Crippen LogP contribution in [0.2, 0.25) is 0 Å². The van der Waals surface area contributed by atoms with Crippen LogP contribution in [-0.4, -0.2) is 72.7 Å². The lowest BCUT2D eigenvalue weighted by Gasteiger charge is -2.39. The molecule has 3 aromatic rings. The first-order valence-electron chi connectivity index (χ1n) is 10.7. The van der Waals surface area contributed by atoms with Crippen LogP contribution >= 0.6 is 0 Å². The Labute approximate surface area is 184 Å². The number of imidazole rings is 1. The summed E-state index contributed by atoms with van der Waals surface area (Å²) < 4.78 is 15.3. The number of amides is 1. The van der Waals surface area contributed by atoms with Gasteiger partial charge < -0.3 is 20.4 Å². The standard InChI is InChI=1S/C22H27FN6O3/c1-2-22(13-30,14-31)21(32)28-9-3-4-16(12-28)26-18-7-8-24-20(27-18)17-10-25-19-6-5-15(23)11-29(17)19/h5-8,10-11,16,30-31H,2-4,9,12-14H2,1H3,(H,24,26,27). The minimum Gasteiger partial charge on any atom is -0.395 e. The molecule has 1 atom stereocenters. The van der Waals surface area contributed by atoms with Crippen molar-refractivity contribution < 1.29 is 19.4 Å². The average Bonchev–Trinajstić information content (AvgIpc) is 3.24. The van der Waals surface area contributed by atoms with Gasteiger partial charge in [0.15, 0.2) is 5.82 Å². The number of hydrogen-bond donors (Lipinski definition) is 3. The summed E-state index contributed by atoms with van der Waals surface area (Å²) in [4.78, 5) is 27.8. The first-order chi connectivity index (χ1) is 15.5. The Balaban J connectivity index is 1.51. The van der Waals surface area contributed by atoms with Gasteiger partial charge in [0.05, 0.1) is 24.8 Å². The highest BCUT2D eigenvalue weighted by Gasteiger charge is 2.40. The van der Waals surface area contributed by atoms with Crippen molar-refractivity contribution in [2.75, 3.05) is 31.6 Å². The zero-order valence-electron chi connectivity index (χ0n) is 17.9. The second kappa shape index (κ2) is 9.17. The molecule has 3 aromatic heterocycles. The molecule has 1 unspecified atom stereocenters. The molecule has 4 rings (SSSR count). The molecule has 1 saturated heterocycles. The Morgan fingerprint density at radius 1 is 1.28 bits per heavy atom. The fraction of sp³-hybridized carbons (Fsp3) is 0.455.